The van der Waals surface area contributed by atoms with E-state index in [0.717, 1.165) is 38.8 Å². The van der Waals surface area contributed by atoms with Gasteiger partial charge >= 0.3 is 5.97 Å². The lowest BCUT2D eigenvalue weighted by atomic mass is 9.80. The molecule has 0 atom stereocenters. The van der Waals surface area contributed by atoms with Crippen molar-refractivity contribution in [2.75, 3.05) is 19.7 Å². The first-order valence-electron chi connectivity index (χ1n) is 7.16. The predicted octanol–water partition coefficient (Wildman–Crippen LogP) is 1.62. The van der Waals surface area contributed by atoms with Crippen LogP contribution in [0.1, 0.15) is 39.0 Å². The Balaban J connectivity index is 1.72. The minimum absolute atomic E-state index is 0.0413. The zero-order chi connectivity index (χ0) is 13.7. The van der Waals surface area contributed by atoms with Crippen molar-refractivity contribution in [1.29, 1.82) is 0 Å². The third-order valence-electron chi connectivity index (χ3n) is 3.94. The van der Waals surface area contributed by atoms with E-state index in [2.05, 4.69) is 4.99 Å². The molecule has 1 aliphatic carbocycles. The van der Waals surface area contributed by atoms with Crippen molar-refractivity contribution < 1.29 is 14.3 Å². The average molecular weight is 266 g/mol. The van der Waals surface area contributed by atoms with Crippen LogP contribution in [0, 0.1) is 11.8 Å². The smallest absolute Gasteiger partial charge is 0.308 e. The zero-order valence-electron chi connectivity index (χ0n) is 11.5. The SMILES string of the molecule is CCOC(=O)C1CCC(CC(=O)N2C=NCC2)CC1. The van der Waals surface area contributed by atoms with Gasteiger partial charge in [0.05, 0.1) is 25.4 Å². The largest absolute Gasteiger partial charge is 0.466 e. The highest BCUT2D eigenvalue weighted by atomic mass is 16.5. The summed E-state index contributed by atoms with van der Waals surface area (Å²) in [4.78, 5) is 29.4. The standard InChI is InChI=1S/C14H22N2O3/c1-2-19-14(18)12-5-3-11(4-6-12)9-13(17)16-8-7-15-10-16/h10-12H,2-9H2,1H3. The molecule has 0 bridgehead atoms. The Kier molecular flexibility index (Phi) is 4.93. The average Bonchev–Trinajstić information content (AvgIpc) is 2.94. The van der Waals surface area contributed by atoms with Gasteiger partial charge in [-0.2, -0.15) is 0 Å². The number of esters is 1. The van der Waals surface area contributed by atoms with Crippen molar-refractivity contribution in [3.8, 4) is 0 Å². The molecule has 106 valence electrons. The Bertz CT molecular complexity index is 360. The minimum Gasteiger partial charge on any atom is -0.466 e. The number of nitrogens with zero attached hydrogens (tertiary/aromatic N) is 2. The molecule has 1 heterocycles. The number of carbonyl (C=O) groups excluding carboxylic acids is 2. The van der Waals surface area contributed by atoms with Gasteiger partial charge in [-0.05, 0) is 38.5 Å². The zero-order valence-corrected chi connectivity index (χ0v) is 11.5. The maximum atomic E-state index is 12.0. The molecule has 19 heavy (non-hydrogen) atoms. The molecular formula is C14H22N2O3. The lowest BCUT2D eigenvalue weighted by molar-refractivity contribution is -0.149. The van der Waals surface area contributed by atoms with Gasteiger partial charge in [0.25, 0.3) is 0 Å². The first-order chi connectivity index (χ1) is 9.20. The highest BCUT2D eigenvalue weighted by Crippen LogP contribution is 2.31. The number of aliphatic imine (C=N–C) groups is 1. The molecule has 0 aromatic heterocycles. The molecule has 0 radical (unpaired) electrons. The lowest BCUT2D eigenvalue weighted by Gasteiger charge is -2.27. The summed E-state index contributed by atoms with van der Waals surface area (Å²) < 4.78 is 5.05. The summed E-state index contributed by atoms with van der Waals surface area (Å²) in [6.45, 7) is 3.73. The van der Waals surface area contributed by atoms with E-state index < -0.39 is 0 Å². The highest BCUT2D eigenvalue weighted by Gasteiger charge is 2.29. The second kappa shape index (κ2) is 6.68. The Morgan fingerprint density at radius 3 is 2.63 bits per heavy atom. The van der Waals surface area contributed by atoms with E-state index in [9.17, 15) is 9.59 Å². The molecule has 0 spiro atoms. The third-order valence-corrected chi connectivity index (χ3v) is 3.94. The topological polar surface area (TPSA) is 59.0 Å². The molecule has 0 unspecified atom stereocenters. The Morgan fingerprint density at radius 2 is 2.05 bits per heavy atom. The first-order valence-corrected chi connectivity index (χ1v) is 7.16. The number of carbonyl (C=O) groups is 2. The Labute approximate surface area is 114 Å². The van der Waals surface area contributed by atoms with Gasteiger partial charge < -0.3 is 9.64 Å². The lowest BCUT2D eigenvalue weighted by Crippen LogP contribution is -2.31. The molecule has 0 saturated heterocycles. The fourth-order valence-electron chi connectivity index (χ4n) is 2.80. The van der Waals surface area contributed by atoms with E-state index in [1.807, 2.05) is 6.92 Å². The van der Waals surface area contributed by atoms with Crippen LogP contribution in [0.2, 0.25) is 0 Å². The molecule has 2 rings (SSSR count). The summed E-state index contributed by atoms with van der Waals surface area (Å²) in [5.41, 5.74) is 0. The molecule has 1 aliphatic heterocycles. The molecular weight excluding hydrogens is 244 g/mol. The van der Waals surface area contributed by atoms with Crippen LogP contribution in [0.15, 0.2) is 4.99 Å². The van der Waals surface area contributed by atoms with Crippen LogP contribution in [-0.2, 0) is 14.3 Å². The van der Waals surface area contributed by atoms with Crippen LogP contribution in [0.5, 0.6) is 0 Å². The molecule has 1 amide bonds. The van der Waals surface area contributed by atoms with Crippen molar-refractivity contribution in [2.45, 2.75) is 39.0 Å². The van der Waals surface area contributed by atoms with Crippen molar-refractivity contribution >= 4 is 18.2 Å². The van der Waals surface area contributed by atoms with Crippen LogP contribution in [0.3, 0.4) is 0 Å². The maximum absolute atomic E-state index is 12.0. The molecule has 5 nitrogen and oxygen atoms in total. The summed E-state index contributed by atoms with van der Waals surface area (Å²) in [5.74, 6) is 0.548. The van der Waals surface area contributed by atoms with E-state index in [4.69, 9.17) is 4.74 Å². The van der Waals surface area contributed by atoms with Gasteiger partial charge in [-0.3, -0.25) is 14.6 Å². The van der Waals surface area contributed by atoms with Crippen LogP contribution < -0.4 is 0 Å². The fourth-order valence-corrected chi connectivity index (χ4v) is 2.80. The van der Waals surface area contributed by atoms with E-state index >= 15 is 0 Å². The molecule has 0 aromatic rings. The van der Waals surface area contributed by atoms with Crippen molar-refractivity contribution in [3.63, 3.8) is 0 Å². The second-order valence-corrected chi connectivity index (χ2v) is 5.28. The van der Waals surface area contributed by atoms with E-state index in [1.165, 1.54) is 0 Å². The molecule has 1 fully saturated rings. The van der Waals surface area contributed by atoms with Gasteiger partial charge in [0.15, 0.2) is 0 Å². The summed E-state index contributed by atoms with van der Waals surface area (Å²) in [5, 5.41) is 0. The number of hydrogen-bond acceptors (Lipinski definition) is 4. The van der Waals surface area contributed by atoms with Crippen molar-refractivity contribution in [3.05, 3.63) is 0 Å². The number of hydrogen-bond donors (Lipinski definition) is 0. The summed E-state index contributed by atoms with van der Waals surface area (Å²) in [6.07, 6.45) is 5.82. The van der Waals surface area contributed by atoms with Gasteiger partial charge in [0, 0.05) is 13.0 Å². The molecule has 0 aromatic carbocycles. The molecule has 1 saturated carbocycles. The van der Waals surface area contributed by atoms with Gasteiger partial charge in [-0.15, -0.1) is 0 Å². The maximum Gasteiger partial charge on any atom is 0.308 e. The minimum atomic E-state index is -0.0704. The van der Waals surface area contributed by atoms with E-state index in [-0.39, 0.29) is 17.8 Å². The fraction of sp³-hybridized carbons (Fsp3) is 0.786. The van der Waals surface area contributed by atoms with Crippen LogP contribution in [-0.4, -0.2) is 42.8 Å². The van der Waals surface area contributed by atoms with Crippen molar-refractivity contribution in [1.82, 2.24) is 4.90 Å². The van der Waals surface area contributed by atoms with Crippen molar-refractivity contribution in [2.24, 2.45) is 16.8 Å². The first kappa shape index (κ1) is 14.0. The normalized spacial score (nSPS) is 26.5. The third kappa shape index (κ3) is 3.78. The van der Waals surface area contributed by atoms with Crippen LogP contribution >= 0.6 is 0 Å². The summed E-state index contributed by atoms with van der Waals surface area (Å²) in [7, 11) is 0. The van der Waals surface area contributed by atoms with Crippen LogP contribution in [0.4, 0.5) is 0 Å². The monoisotopic (exact) mass is 266 g/mol. The van der Waals surface area contributed by atoms with E-state index in [1.54, 1.807) is 11.2 Å². The van der Waals surface area contributed by atoms with Gasteiger partial charge in [-0.1, -0.05) is 0 Å². The Morgan fingerprint density at radius 1 is 1.32 bits per heavy atom. The molecule has 5 heteroatoms. The van der Waals surface area contributed by atoms with Crippen LogP contribution in [0.25, 0.3) is 0 Å². The second-order valence-electron chi connectivity index (χ2n) is 5.28. The molecule has 0 N–H and O–H groups in total. The number of rotatable bonds is 4. The summed E-state index contributed by atoms with van der Waals surface area (Å²) >= 11 is 0. The highest BCUT2D eigenvalue weighted by molar-refractivity contribution is 5.88. The van der Waals surface area contributed by atoms with Gasteiger partial charge in [0.1, 0.15) is 0 Å². The van der Waals surface area contributed by atoms with Gasteiger partial charge in [0.2, 0.25) is 5.91 Å². The predicted molar refractivity (Wildman–Crippen MR) is 71.8 cm³/mol. The van der Waals surface area contributed by atoms with E-state index in [0.29, 0.717) is 18.9 Å². The quantitative estimate of drug-likeness (QED) is 0.726. The Hall–Kier alpha value is -1.39. The number of amides is 1. The van der Waals surface area contributed by atoms with Gasteiger partial charge in [-0.25, -0.2) is 0 Å². The summed E-state index contributed by atoms with van der Waals surface area (Å²) in [6, 6.07) is 0. The number of ether oxygens (including phenoxy) is 1. The molecule has 2 aliphatic rings.